The van der Waals surface area contributed by atoms with Gasteiger partial charge in [0.15, 0.2) is 0 Å². The number of allylic oxidation sites excluding steroid dienone is 10. The molecule has 0 aromatic carbocycles. The van der Waals surface area contributed by atoms with Crippen molar-refractivity contribution in [2.24, 2.45) is 0 Å². The van der Waals surface area contributed by atoms with Gasteiger partial charge in [-0.05, 0) is 117 Å². The van der Waals surface area contributed by atoms with Gasteiger partial charge >= 0.3 is 0 Å². The highest BCUT2D eigenvalue weighted by atomic mass is 16.3. The molecule has 0 N–H and O–H groups in total. The quantitative estimate of drug-likeness (QED) is 0.166. The third kappa shape index (κ3) is 16.2. The van der Waals surface area contributed by atoms with Crippen LogP contribution in [0.5, 0.6) is 0 Å². The zero-order chi connectivity index (χ0) is 25.0. The highest BCUT2D eigenvalue weighted by Crippen LogP contribution is 2.16. The summed E-state index contributed by atoms with van der Waals surface area (Å²) in [5.41, 5.74) is 8.71. The molecule has 0 spiro atoms. The van der Waals surface area contributed by atoms with Gasteiger partial charge in [-0.15, -0.1) is 12.3 Å². The van der Waals surface area contributed by atoms with Crippen molar-refractivity contribution in [1.29, 1.82) is 0 Å². The third-order valence-electron chi connectivity index (χ3n) is 6.30. The van der Waals surface area contributed by atoms with Crippen LogP contribution in [0.1, 0.15) is 111 Å². The molecule has 0 unspecified atom stereocenters. The molecule has 0 aliphatic carbocycles. The van der Waals surface area contributed by atoms with E-state index in [2.05, 4.69) is 70.9 Å². The van der Waals surface area contributed by atoms with Crippen molar-refractivity contribution in [2.45, 2.75) is 112 Å². The van der Waals surface area contributed by atoms with E-state index in [1.165, 1.54) is 46.3 Å². The Morgan fingerprint density at radius 1 is 0.676 bits per heavy atom. The second kappa shape index (κ2) is 18.9. The number of aryl methyl sites for hydroxylation is 1. The van der Waals surface area contributed by atoms with E-state index in [-0.39, 0.29) is 0 Å². The van der Waals surface area contributed by atoms with Crippen LogP contribution in [0.3, 0.4) is 0 Å². The van der Waals surface area contributed by atoms with Gasteiger partial charge in [0.1, 0.15) is 0 Å². The lowest BCUT2D eigenvalue weighted by Crippen LogP contribution is -1.84. The maximum Gasteiger partial charge on any atom is 0.0934 e. The van der Waals surface area contributed by atoms with Gasteiger partial charge in [-0.2, -0.15) is 0 Å². The van der Waals surface area contributed by atoms with E-state index >= 15 is 0 Å². The molecular formula is C33H48O. The van der Waals surface area contributed by atoms with Gasteiger partial charge in [0.05, 0.1) is 12.5 Å². The van der Waals surface area contributed by atoms with Crippen molar-refractivity contribution in [1.82, 2.24) is 0 Å². The summed E-state index contributed by atoms with van der Waals surface area (Å²) >= 11 is 0. The van der Waals surface area contributed by atoms with Crippen molar-refractivity contribution < 1.29 is 4.42 Å². The normalized spacial score (nSPS) is 13.9. The van der Waals surface area contributed by atoms with Crippen LogP contribution >= 0.6 is 0 Å². The first-order chi connectivity index (χ1) is 16.4. The van der Waals surface area contributed by atoms with Crippen molar-refractivity contribution in [3.05, 3.63) is 82.4 Å². The molecule has 1 aromatic heterocycles. The standard InChI is InChI=1S/C33H48O/c1-7-8-14-28(2)15-9-16-29(3)17-10-18-30(4)19-11-20-31(5)21-12-22-32(6)23-13-24-33-25-26-34-27-33/h1,15,17,19,21,23,25-27H,8-14,16,18,20,22,24H2,2-6H3/b28-15+,29-17+,30-19+,31-21+,32-23+. The molecule has 1 aromatic rings. The predicted molar refractivity (Wildman–Crippen MR) is 151 cm³/mol. The van der Waals surface area contributed by atoms with Crippen molar-refractivity contribution in [3.8, 4) is 12.3 Å². The first kappa shape index (κ1) is 29.6. The van der Waals surface area contributed by atoms with E-state index in [0.717, 1.165) is 64.2 Å². The Morgan fingerprint density at radius 3 is 1.47 bits per heavy atom. The molecule has 0 radical (unpaired) electrons. The van der Waals surface area contributed by atoms with Crippen LogP contribution in [0.25, 0.3) is 0 Å². The summed E-state index contributed by atoms with van der Waals surface area (Å²) in [7, 11) is 0. The number of hydrogen-bond acceptors (Lipinski definition) is 1. The summed E-state index contributed by atoms with van der Waals surface area (Å²) in [4.78, 5) is 0. The number of terminal acetylenes is 1. The van der Waals surface area contributed by atoms with Crippen LogP contribution in [-0.4, -0.2) is 0 Å². The summed E-state index contributed by atoms with van der Waals surface area (Å²) in [6, 6.07) is 2.05. The SMILES string of the molecule is C#CCC/C(C)=C/CC/C(C)=C/CC/C(C)=C/CC/C(C)=C/CC/C(C)=C/CCc1ccoc1. The minimum Gasteiger partial charge on any atom is -0.472 e. The topological polar surface area (TPSA) is 13.1 Å². The van der Waals surface area contributed by atoms with Crippen LogP contribution in [0.15, 0.2) is 81.3 Å². The van der Waals surface area contributed by atoms with Crippen LogP contribution < -0.4 is 0 Å². The van der Waals surface area contributed by atoms with Gasteiger partial charge in [-0.25, -0.2) is 0 Å². The molecule has 0 atom stereocenters. The fraction of sp³-hybridized carbons (Fsp3) is 0.515. The molecular weight excluding hydrogens is 412 g/mol. The lowest BCUT2D eigenvalue weighted by atomic mass is 10.0. The predicted octanol–water partition coefficient (Wildman–Crippen LogP) is 10.5. The Balaban J connectivity index is 2.19. The first-order valence-electron chi connectivity index (χ1n) is 13.1. The number of rotatable bonds is 17. The average molecular weight is 461 g/mol. The van der Waals surface area contributed by atoms with Crippen LogP contribution in [-0.2, 0) is 6.42 Å². The van der Waals surface area contributed by atoms with Crippen molar-refractivity contribution in [3.63, 3.8) is 0 Å². The van der Waals surface area contributed by atoms with Crippen molar-refractivity contribution >= 4 is 0 Å². The molecule has 0 saturated heterocycles. The summed E-state index contributed by atoms with van der Waals surface area (Å²) in [5.74, 6) is 2.71. The molecule has 1 rings (SSSR count). The Morgan fingerprint density at radius 2 is 1.09 bits per heavy atom. The van der Waals surface area contributed by atoms with Crippen LogP contribution in [0.2, 0.25) is 0 Å². The minimum absolute atomic E-state index is 0.850. The fourth-order valence-corrected chi connectivity index (χ4v) is 3.88. The first-order valence-corrected chi connectivity index (χ1v) is 13.1. The lowest BCUT2D eigenvalue weighted by Gasteiger charge is -2.03. The summed E-state index contributed by atoms with van der Waals surface area (Å²) in [5, 5.41) is 0. The Labute approximate surface area is 210 Å². The molecule has 1 heteroatoms. The Bertz CT molecular complexity index is 862. The Hall–Kier alpha value is -2.46. The highest BCUT2D eigenvalue weighted by molar-refractivity contribution is 5.10. The number of hydrogen-bond donors (Lipinski definition) is 0. The fourth-order valence-electron chi connectivity index (χ4n) is 3.88. The van der Waals surface area contributed by atoms with E-state index in [9.17, 15) is 0 Å². The maximum atomic E-state index is 5.33. The molecule has 0 saturated carbocycles. The average Bonchev–Trinajstić information content (AvgIpc) is 3.31. The van der Waals surface area contributed by atoms with E-state index in [4.69, 9.17) is 10.8 Å². The van der Waals surface area contributed by atoms with E-state index in [1.54, 1.807) is 6.26 Å². The molecule has 1 heterocycles. The second-order valence-corrected chi connectivity index (χ2v) is 9.78. The molecule has 0 aliphatic heterocycles. The molecule has 34 heavy (non-hydrogen) atoms. The monoisotopic (exact) mass is 460 g/mol. The molecule has 0 bridgehead atoms. The molecule has 1 nitrogen and oxygen atoms in total. The number of furan rings is 1. The van der Waals surface area contributed by atoms with Crippen LogP contribution in [0, 0.1) is 12.3 Å². The smallest absolute Gasteiger partial charge is 0.0934 e. The van der Waals surface area contributed by atoms with Gasteiger partial charge in [-0.1, -0.05) is 58.2 Å². The van der Waals surface area contributed by atoms with E-state index < -0.39 is 0 Å². The van der Waals surface area contributed by atoms with Gasteiger partial charge in [0.2, 0.25) is 0 Å². The maximum absolute atomic E-state index is 5.33. The molecule has 0 fully saturated rings. The third-order valence-corrected chi connectivity index (χ3v) is 6.30. The van der Waals surface area contributed by atoms with Crippen LogP contribution in [0.4, 0.5) is 0 Å². The minimum atomic E-state index is 0.850. The summed E-state index contributed by atoms with van der Waals surface area (Å²) in [6.45, 7) is 11.2. The summed E-state index contributed by atoms with van der Waals surface area (Å²) in [6.07, 6.45) is 34.2. The zero-order valence-corrected chi connectivity index (χ0v) is 22.6. The molecule has 0 amide bonds. The largest absolute Gasteiger partial charge is 0.472 e. The van der Waals surface area contributed by atoms with Gasteiger partial charge in [-0.3, -0.25) is 0 Å². The van der Waals surface area contributed by atoms with Gasteiger partial charge in [0, 0.05) is 6.42 Å². The van der Waals surface area contributed by atoms with Gasteiger partial charge < -0.3 is 4.42 Å². The van der Waals surface area contributed by atoms with Crippen molar-refractivity contribution in [2.75, 3.05) is 0 Å². The lowest BCUT2D eigenvalue weighted by molar-refractivity contribution is 0.564. The highest BCUT2D eigenvalue weighted by Gasteiger charge is 1.96. The zero-order valence-electron chi connectivity index (χ0n) is 22.6. The van der Waals surface area contributed by atoms with Gasteiger partial charge in [0.25, 0.3) is 0 Å². The van der Waals surface area contributed by atoms with E-state index in [1.807, 2.05) is 12.3 Å². The van der Waals surface area contributed by atoms with E-state index in [0.29, 0.717) is 0 Å². The Kier molecular flexibility index (Phi) is 16.4. The molecule has 186 valence electrons. The second-order valence-electron chi connectivity index (χ2n) is 9.78. The summed E-state index contributed by atoms with van der Waals surface area (Å²) < 4.78 is 5.13. The molecule has 0 aliphatic rings.